The zero-order chi connectivity index (χ0) is 22.2. The molecule has 0 saturated heterocycles. The number of rotatable bonds is 4. The maximum Gasteiger partial charge on any atom is 0.418 e. The van der Waals surface area contributed by atoms with Crippen molar-refractivity contribution in [3.05, 3.63) is 65.1 Å². The third-order valence-corrected chi connectivity index (χ3v) is 4.64. The van der Waals surface area contributed by atoms with E-state index in [4.69, 9.17) is 16.9 Å². The largest absolute Gasteiger partial charge is 0.418 e. The zero-order valence-corrected chi connectivity index (χ0v) is 16.5. The molecule has 1 unspecified atom stereocenters. The summed E-state index contributed by atoms with van der Waals surface area (Å²) in [5, 5.41) is 16.1. The topological polar surface area (TPSA) is 105 Å². The number of halogens is 4. The second kappa shape index (κ2) is 7.81. The van der Waals surface area contributed by atoms with E-state index in [-0.39, 0.29) is 21.7 Å². The van der Waals surface area contributed by atoms with E-state index in [2.05, 4.69) is 30.4 Å². The molecule has 1 N–H and O–H groups in total. The molecular formula is C19H12ClF3N8. The molecule has 0 radical (unpaired) electrons. The van der Waals surface area contributed by atoms with Crippen LogP contribution in [-0.2, 0) is 6.18 Å². The first kappa shape index (κ1) is 20.5. The van der Waals surface area contributed by atoms with Crippen molar-refractivity contribution < 1.29 is 13.2 Å². The predicted octanol–water partition coefficient (Wildman–Crippen LogP) is 4.32. The highest BCUT2D eigenvalue weighted by Crippen LogP contribution is 2.38. The van der Waals surface area contributed by atoms with Gasteiger partial charge in [-0.15, -0.1) is 0 Å². The van der Waals surface area contributed by atoms with Gasteiger partial charge < -0.3 is 5.32 Å². The molecule has 3 aromatic heterocycles. The summed E-state index contributed by atoms with van der Waals surface area (Å²) in [6, 6.07) is 6.86. The molecule has 1 atom stereocenters. The highest BCUT2D eigenvalue weighted by molar-refractivity contribution is 6.31. The van der Waals surface area contributed by atoms with Crippen LogP contribution < -0.4 is 5.32 Å². The van der Waals surface area contributed by atoms with Crippen LogP contribution in [0.3, 0.4) is 0 Å². The maximum absolute atomic E-state index is 13.4. The molecule has 0 fully saturated rings. The Morgan fingerprint density at radius 1 is 1.13 bits per heavy atom. The highest BCUT2D eigenvalue weighted by Gasteiger charge is 2.34. The average molecular weight is 445 g/mol. The quantitative estimate of drug-likeness (QED) is 0.499. The van der Waals surface area contributed by atoms with Gasteiger partial charge in [0, 0.05) is 16.6 Å². The van der Waals surface area contributed by atoms with Crippen molar-refractivity contribution in [1.82, 2.24) is 29.7 Å². The molecule has 0 amide bonds. The van der Waals surface area contributed by atoms with E-state index in [9.17, 15) is 13.2 Å². The van der Waals surface area contributed by atoms with Gasteiger partial charge in [-0.1, -0.05) is 11.6 Å². The van der Waals surface area contributed by atoms with Gasteiger partial charge in [0.05, 0.1) is 22.7 Å². The number of alkyl halides is 3. The second-order valence-electron chi connectivity index (χ2n) is 6.48. The van der Waals surface area contributed by atoms with Gasteiger partial charge in [-0.05, 0) is 31.2 Å². The average Bonchev–Trinajstić information content (AvgIpc) is 3.23. The first-order valence-corrected chi connectivity index (χ1v) is 9.20. The van der Waals surface area contributed by atoms with E-state index in [0.717, 1.165) is 12.4 Å². The second-order valence-corrected chi connectivity index (χ2v) is 6.92. The number of aromatic nitrogens is 6. The van der Waals surface area contributed by atoms with E-state index in [0.29, 0.717) is 17.2 Å². The third-order valence-electron chi connectivity index (χ3n) is 4.42. The van der Waals surface area contributed by atoms with Crippen LogP contribution in [0.4, 0.5) is 19.0 Å². The first-order chi connectivity index (χ1) is 14.8. The Labute approximate surface area is 178 Å². The molecular weight excluding hydrogens is 433 g/mol. The SMILES string of the molecule is CC(Nc1ncnc2c(C(F)(F)F)cc(Cl)cc12)c1ncnn1-c1ccc(C#N)cn1. The number of pyridine rings is 1. The molecule has 0 aliphatic carbocycles. The molecule has 3 heterocycles. The maximum atomic E-state index is 13.4. The Morgan fingerprint density at radius 3 is 2.61 bits per heavy atom. The van der Waals surface area contributed by atoms with E-state index in [1.54, 1.807) is 19.1 Å². The minimum absolute atomic E-state index is 0.0877. The summed E-state index contributed by atoms with van der Waals surface area (Å²) in [5.41, 5.74) is -0.823. The highest BCUT2D eigenvalue weighted by atomic mass is 35.5. The minimum atomic E-state index is -4.62. The van der Waals surface area contributed by atoms with E-state index in [1.807, 2.05) is 6.07 Å². The van der Waals surface area contributed by atoms with Crippen LogP contribution in [0.5, 0.6) is 0 Å². The fraction of sp³-hybridized carbons (Fsp3) is 0.158. The fourth-order valence-electron chi connectivity index (χ4n) is 3.03. The van der Waals surface area contributed by atoms with Gasteiger partial charge in [0.15, 0.2) is 11.6 Å². The van der Waals surface area contributed by atoms with Crippen molar-refractivity contribution in [3.8, 4) is 11.9 Å². The van der Waals surface area contributed by atoms with Gasteiger partial charge in [0.25, 0.3) is 0 Å². The van der Waals surface area contributed by atoms with Gasteiger partial charge in [-0.25, -0.2) is 19.9 Å². The van der Waals surface area contributed by atoms with E-state index in [1.165, 1.54) is 23.3 Å². The van der Waals surface area contributed by atoms with Crippen LogP contribution in [0.25, 0.3) is 16.7 Å². The van der Waals surface area contributed by atoms with Crippen molar-refractivity contribution in [2.24, 2.45) is 0 Å². The lowest BCUT2D eigenvalue weighted by molar-refractivity contribution is -0.136. The van der Waals surface area contributed by atoms with Crippen molar-refractivity contribution in [2.45, 2.75) is 19.1 Å². The molecule has 0 aliphatic heterocycles. The minimum Gasteiger partial charge on any atom is -0.360 e. The van der Waals surface area contributed by atoms with Crippen molar-refractivity contribution in [3.63, 3.8) is 0 Å². The number of hydrogen-bond donors (Lipinski definition) is 1. The summed E-state index contributed by atoms with van der Waals surface area (Å²) in [5.74, 6) is 1.02. The summed E-state index contributed by atoms with van der Waals surface area (Å²) >= 11 is 5.93. The third kappa shape index (κ3) is 3.97. The molecule has 156 valence electrons. The number of fused-ring (bicyclic) bond motifs is 1. The molecule has 0 saturated carbocycles. The number of nitriles is 1. The zero-order valence-electron chi connectivity index (χ0n) is 15.8. The van der Waals surface area contributed by atoms with Crippen LogP contribution in [0, 0.1) is 11.3 Å². The molecule has 4 rings (SSSR count). The summed E-state index contributed by atoms with van der Waals surface area (Å²) < 4.78 is 41.7. The lowest BCUT2D eigenvalue weighted by Gasteiger charge is -2.17. The molecule has 8 nitrogen and oxygen atoms in total. The number of hydrogen-bond acceptors (Lipinski definition) is 7. The molecule has 4 aromatic rings. The fourth-order valence-corrected chi connectivity index (χ4v) is 3.25. The smallest absolute Gasteiger partial charge is 0.360 e. The summed E-state index contributed by atoms with van der Waals surface area (Å²) in [4.78, 5) is 16.3. The van der Waals surface area contributed by atoms with Crippen molar-refractivity contribution in [2.75, 3.05) is 5.32 Å². The van der Waals surface area contributed by atoms with Crippen LogP contribution in [0.1, 0.15) is 29.9 Å². The van der Waals surface area contributed by atoms with E-state index >= 15 is 0 Å². The van der Waals surface area contributed by atoms with Gasteiger partial charge in [0.1, 0.15) is 24.5 Å². The Kier molecular flexibility index (Phi) is 5.16. The van der Waals surface area contributed by atoms with Gasteiger partial charge >= 0.3 is 6.18 Å². The molecule has 0 bridgehead atoms. The first-order valence-electron chi connectivity index (χ1n) is 8.82. The Hall–Kier alpha value is -3.78. The monoisotopic (exact) mass is 444 g/mol. The van der Waals surface area contributed by atoms with Gasteiger partial charge in [-0.2, -0.15) is 28.2 Å². The number of nitrogens with one attached hydrogen (secondary N) is 1. The lowest BCUT2D eigenvalue weighted by atomic mass is 10.1. The van der Waals surface area contributed by atoms with E-state index < -0.39 is 17.8 Å². The standard InChI is InChI=1S/C19H12ClF3N8/c1-10(18-28-9-29-31(18)15-3-2-11(6-24)7-25-15)30-17-13-4-12(20)5-14(19(21,22)23)16(13)26-8-27-17/h2-5,7-10H,1H3,(H,26,27,30). The number of anilines is 1. The lowest BCUT2D eigenvalue weighted by Crippen LogP contribution is -2.16. The van der Waals surface area contributed by atoms with Crippen LogP contribution in [0.15, 0.2) is 43.1 Å². The Balaban J connectivity index is 1.72. The van der Waals surface area contributed by atoms with Crippen LogP contribution >= 0.6 is 11.6 Å². The summed E-state index contributed by atoms with van der Waals surface area (Å²) in [6.45, 7) is 1.74. The van der Waals surface area contributed by atoms with Gasteiger partial charge in [0.2, 0.25) is 0 Å². The Bertz CT molecular complexity index is 1290. The summed E-state index contributed by atoms with van der Waals surface area (Å²) in [6.07, 6.45) is -0.850. The Morgan fingerprint density at radius 2 is 1.94 bits per heavy atom. The van der Waals surface area contributed by atoms with Crippen molar-refractivity contribution in [1.29, 1.82) is 5.26 Å². The number of benzene rings is 1. The van der Waals surface area contributed by atoms with Crippen LogP contribution in [-0.4, -0.2) is 29.7 Å². The predicted molar refractivity (Wildman–Crippen MR) is 105 cm³/mol. The summed E-state index contributed by atoms with van der Waals surface area (Å²) in [7, 11) is 0. The molecule has 0 aliphatic rings. The van der Waals surface area contributed by atoms with Gasteiger partial charge in [-0.3, -0.25) is 0 Å². The normalized spacial score (nSPS) is 12.5. The number of nitrogens with zero attached hydrogens (tertiary/aromatic N) is 7. The molecule has 0 spiro atoms. The molecule has 31 heavy (non-hydrogen) atoms. The van der Waals surface area contributed by atoms with Crippen molar-refractivity contribution >= 4 is 28.3 Å². The van der Waals surface area contributed by atoms with Crippen LogP contribution in [0.2, 0.25) is 5.02 Å². The molecule has 1 aromatic carbocycles. The molecule has 12 heteroatoms.